The first kappa shape index (κ1) is 13.8. The molecule has 110 valence electrons. The van der Waals surface area contributed by atoms with E-state index in [4.69, 9.17) is 10.5 Å². The van der Waals surface area contributed by atoms with Gasteiger partial charge in [0.1, 0.15) is 5.82 Å². The highest BCUT2D eigenvalue weighted by Crippen LogP contribution is 2.30. The van der Waals surface area contributed by atoms with Gasteiger partial charge in [-0.15, -0.1) is 0 Å². The molecule has 3 rings (SSSR count). The molecule has 2 aliphatic heterocycles. The zero-order valence-electron chi connectivity index (χ0n) is 12.1. The number of aromatic nitrogens is 1. The normalized spacial score (nSPS) is 28.2. The molecule has 0 spiro atoms. The van der Waals surface area contributed by atoms with Crippen molar-refractivity contribution in [2.24, 2.45) is 0 Å². The Hall–Kier alpha value is -1.17. The van der Waals surface area contributed by atoms with E-state index in [1.807, 2.05) is 6.07 Å². The number of hydrogen-bond donors (Lipinski definition) is 2. The number of morpholine rings is 1. The Bertz CT molecular complexity index is 453. The van der Waals surface area contributed by atoms with E-state index in [-0.39, 0.29) is 12.1 Å². The van der Waals surface area contributed by atoms with Crippen LogP contribution in [0.5, 0.6) is 0 Å². The van der Waals surface area contributed by atoms with E-state index in [1.165, 1.54) is 19.4 Å². The van der Waals surface area contributed by atoms with Crippen LogP contribution in [0.25, 0.3) is 0 Å². The predicted molar refractivity (Wildman–Crippen MR) is 79.4 cm³/mol. The molecule has 0 aromatic carbocycles. The van der Waals surface area contributed by atoms with Crippen LogP contribution in [0.4, 0.5) is 5.82 Å². The van der Waals surface area contributed by atoms with Gasteiger partial charge in [0.25, 0.3) is 0 Å². The van der Waals surface area contributed by atoms with Crippen LogP contribution < -0.4 is 11.1 Å². The average molecular weight is 276 g/mol. The van der Waals surface area contributed by atoms with E-state index in [1.54, 1.807) is 6.20 Å². The first-order valence-corrected chi connectivity index (χ1v) is 7.59. The van der Waals surface area contributed by atoms with Crippen LogP contribution in [0.2, 0.25) is 0 Å². The molecule has 2 aliphatic rings. The standard InChI is InChI=1S/C15H24N4O/c1-2-17-14(12-6-3-7-18-15(12)16)13-9-19-8-4-5-11(19)10-20-13/h3,6-7,11,13-14,17H,2,4-5,8-10H2,1H3,(H2,16,18). The highest BCUT2D eigenvalue weighted by Gasteiger charge is 2.36. The fourth-order valence-corrected chi connectivity index (χ4v) is 3.40. The summed E-state index contributed by atoms with van der Waals surface area (Å²) in [4.78, 5) is 6.77. The lowest BCUT2D eigenvalue weighted by atomic mass is 9.99. The summed E-state index contributed by atoms with van der Waals surface area (Å²) in [5.41, 5.74) is 7.10. The molecule has 2 saturated heterocycles. The van der Waals surface area contributed by atoms with Gasteiger partial charge in [-0.1, -0.05) is 13.0 Å². The Morgan fingerprint density at radius 2 is 2.50 bits per heavy atom. The molecule has 1 aromatic rings. The number of ether oxygens (including phenoxy) is 1. The van der Waals surface area contributed by atoms with Crippen LogP contribution in [0.3, 0.4) is 0 Å². The number of nitrogens with two attached hydrogens (primary N) is 1. The molecule has 5 nitrogen and oxygen atoms in total. The van der Waals surface area contributed by atoms with Crippen molar-refractivity contribution in [2.75, 3.05) is 32.0 Å². The van der Waals surface area contributed by atoms with Crippen LogP contribution in [0.15, 0.2) is 18.3 Å². The summed E-state index contributed by atoms with van der Waals surface area (Å²) in [6.07, 6.45) is 4.45. The number of nitrogens with one attached hydrogen (secondary N) is 1. The van der Waals surface area contributed by atoms with Gasteiger partial charge >= 0.3 is 0 Å². The molecule has 0 saturated carbocycles. The average Bonchev–Trinajstić information content (AvgIpc) is 2.93. The molecule has 0 bridgehead atoms. The largest absolute Gasteiger partial charge is 0.383 e. The SMILES string of the molecule is CCNC(c1cccnc1N)C1CN2CCCC2CO1. The third-order valence-electron chi connectivity index (χ3n) is 4.42. The number of nitrogens with zero attached hydrogens (tertiary/aromatic N) is 2. The van der Waals surface area contributed by atoms with Crippen LogP contribution in [-0.2, 0) is 4.74 Å². The second kappa shape index (κ2) is 6.08. The Labute approximate surface area is 120 Å². The van der Waals surface area contributed by atoms with E-state index in [0.29, 0.717) is 11.9 Å². The molecule has 1 aromatic heterocycles. The summed E-state index contributed by atoms with van der Waals surface area (Å²) >= 11 is 0. The molecule has 0 radical (unpaired) electrons. The maximum atomic E-state index is 6.13. The minimum absolute atomic E-state index is 0.121. The lowest BCUT2D eigenvalue weighted by Gasteiger charge is -2.39. The van der Waals surface area contributed by atoms with Crippen LogP contribution in [0, 0.1) is 0 Å². The van der Waals surface area contributed by atoms with Crippen LogP contribution in [0.1, 0.15) is 31.4 Å². The van der Waals surface area contributed by atoms with Crippen molar-refractivity contribution >= 4 is 5.82 Å². The number of hydrogen-bond acceptors (Lipinski definition) is 5. The van der Waals surface area contributed by atoms with Crippen molar-refractivity contribution in [3.8, 4) is 0 Å². The summed E-state index contributed by atoms with van der Waals surface area (Å²) in [7, 11) is 0. The van der Waals surface area contributed by atoms with Gasteiger partial charge in [0.15, 0.2) is 0 Å². The van der Waals surface area contributed by atoms with Gasteiger partial charge in [0, 0.05) is 24.3 Å². The number of pyridine rings is 1. The van der Waals surface area contributed by atoms with Crippen LogP contribution >= 0.6 is 0 Å². The summed E-state index contributed by atoms with van der Waals surface area (Å²) in [6.45, 7) is 6.03. The summed E-state index contributed by atoms with van der Waals surface area (Å²) in [5, 5.41) is 3.52. The Morgan fingerprint density at radius 1 is 1.60 bits per heavy atom. The third-order valence-corrected chi connectivity index (χ3v) is 4.42. The van der Waals surface area contributed by atoms with Gasteiger partial charge in [0.05, 0.1) is 18.8 Å². The summed E-state index contributed by atoms with van der Waals surface area (Å²) in [5.74, 6) is 0.602. The highest BCUT2D eigenvalue weighted by molar-refractivity contribution is 5.41. The molecule has 3 unspecified atom stereocenters. The van der Waals surface area contributed by atoms with Crippen molar-refractivity contribution in [3.63, 3.8) is 0 Å². The van der Waals surface area contributed by atoms with Gasteiger partial charge in [-0.25, -0.2) is 4.98 Å². The Kier molecular flexibility index (Phi) is 4.19. The Balaban J connectivity index is 1.78. The number of anilines is 1. The monoisotopic (exact) mass is 276 g/mol. The number of fused-ring (bicyclic) bond motifs is 1. The van der Waals surface area contributed by atoms with E-state index in [2.05, 4.69) is 28.2 Å². The molecule has 3 heterocycles. The molecule has 20 heavy (non-hydrogen) atoms. The minimum Gasteiger partial charge on any atom is -0.383 e. The second-order valence-corrected chi connectivity index (χ2v) is 5.68. The van der Waals surface area contributed by atoms with Gasteiger partial charge in [0.2, 0.25) is 0 Å². The molecule has 2 fully saturated rings. The van der Waals surface area contributed by atoms with E-state index in [0.717, 1.165) is 25.3 Å². The molecule has 0 amide bonds. The lowest BCUT2D eigenvalue weighted by molar-refractivity contribution is -0.0650. The van der Waals surface area contributed by atoms with Gasteiger partial charge in [-0.05, 0) is 32.0 Å². The number of likely N-dealkylation sites (N-methyl/N-ethyl adjacent to an activating group) is 1. The molecular weight excluding hydrogens is 252 g/mol. The second-order valence-electron chi connectivity index (χ2n) is 5.68. The minimum atomic E-state index is 0.121. The smallest absolute Gasteiger partial charge is 0.128 e. The fraction of sp³-hybridized carbons (Fsp3) is 0.667. The van der Waals surface area contributed by atoms with Gasteiger partial charge in [-0.3, -0.25) is 4.90 Å². The molecule has 3 atom stereocenters. The first-order valence-electron chi connectivity index (χ1n) is 7.59. The van der Waals surface area contributed by atoms with Crippen molar-refractivity contribution < 1.29 is 4.74 Å². The molecule has 0 aliphatic carbocycles. The topological polar surface area (TPSA) is 63.4 Å². The maximum Gasteiger partial charge on any atom is 0.128 e. The highest BCUT2D eigenvalue weighted by atomic mass is 16.5. The number of rotatable bonds is 4. The van der Waals surface area contributed by atoms with E-state index >= 15 is 0 Å². The zero-order chi connectivity index (χ0) is 13.9. The third kappa shape index (κ3) is 2.66. The number of nitrogen functional groups attached to an aromatic ring is 1. The van der Waals surface area contributed by atoms with Crippen molar-refractivity contribution in [1.82, 2.24) is 15.2 Å². The van der Waals surface area contributed by atoms with Crippen molar-refractivity contribution in [2.45, 2.75) is 38.0 Å². The lowest BCUT2D eigenvalue weighted by Crippen LogP contribution is -2.50. The van der Waals surface area contributed by atoms with E-state index in [9.17, 15) is 0 Å². The molecule has 5 heteroatoms. The van der Waals surface area contributed by atoms with Gasteiger partial charge in [-0.2, -0.15) is 0 Å². The van der Waals surface area contributed by atoms with E-state index < -0.39 is 0 Å². The maximum absolute atomic E-state index is 6.13. The summed E-state index contributed by atoms with van der Waals surface area (Å²) < 4.78 is 6.13. The molecule has 3 N–H and O–H groups in total. The fourth-order valence-electron chi connectivity index (χ4n) is 3.40. The Morgan fingerprint density at radius 3 is 3.30 bits per heavy atom. The first-order chi connectivity index (χ1) is 9.79. The quantitative estimate of drug-likeness (QED) is 0.864. The predicted octanol–water partition coefficient (Wildman–Crippen LogP) is 1.18. The van der Waals surface area contributed by atoms with Crippen molar-refractivity contribution in [3.05, 3.63) is 23.9 Å². The summed E-state index contributed by atoms with van der Waals surface area (Å²) in [6, 6.07) is 4.74. The van der Waals surface area contributed by atoms with Gasteiger partial charge < -0.3 is 15.8 Å². The zero-order valence-corrected chi connectivity index (χ0v) is 12.1. The van der Waals surface area contributed by atoms with Crippen LogP contribution in [-0.4, -0.2) is 48.3 Å². The molecular formula is C15H24N4O. The van der Waals surface area contributed by atoms with Crippen molar-refractivity contribution in [1.29, 1.82) is 0 Å².